The van der Waals surface area contributed by atoms with Crippen molar-refractivity contribution in [3.05, 3.63) is 42.0 Å². The van der Waals surface area contributed by atoms with Crippen LogP contribution in [0.25, 0.3) is 6.08 Å². The van der Waals surface area contributed by atoms with Crippen molar-refractivity contribution < 1.29 is 84.3 Å². The van der Waals surface area contributed by atoms with Crippen molar-refractivity contribution in [1.82, 2.24) is 0 Å². The Balaban J connectivity index is 1.59. The van der Waals surface area contributed by atoms with E-state index in [4.69, 9.17) is 28.4 Å². The molecule has 17 heteroatoms. The zero-order chi connectivity index (χ0) is 32.2. The van der Waals surface area contributed by atoms with Gasteiger partial charge in [0, 0.05) is 6.08 Å². The quantitative estimate of drug-likeness (QED) is 0.0804. The molecule has 3 heterocycles. The monoisotopic (exact) mass is 634 g/mol. The van der Waals surface area contributed by atoms with Gasteiger partial charge in [-0.2, -0.15) is 0 Å². The third-order valence-corrected chi connectivity index (χ3v) is 7.59. The van der Waals surface area contributed by atoms with Crippen molar-refractivity contribution in [2.45, 2.75) is 85.5 Å². The second-order valence-electron chi connectivity index (χ2n) is 10.6. The lowest BCUT2D eigenvalue weighted by molar-refractivity contribution is -0.408. The van der Waals surface area contributed by atoms with Crippen molar-refractivity contribution >= 4 is 12.0 Å². The predicted octanol–water partition coefficient (Wildman–Crippen LogP) is -5.31. The molecular formula is C27H38O17. The van der Waals surface area contributed by atoms with Crippen molar-refractivity contribution in [3.63, 3.8) is 0 Å². The highest BCUT2D eigenvalue weighted by atomic mass is 16.8. The third-order valence-electron chi connectivity index (χ3n) is 7.59. The molecule has 17 nitrogen and oxygen atoms in total. The minimum Gasteiger partial charge on any atom is -0.457 e. The molecule has 4 rings (SSSR count). The summed E-state index contributed by atoms with van der Waals surface area (Å²) in [6.45, 7) is -3.41. The number of carbonyl (C=O) groups is 1. The highest BCUT2D eigenvalue weighted by Gasteiger charge is 2.60. The van der Waals surface area contributed by atoms with Crippen LogP contribution in [0.1, 0.15) is 5.56 Å². The fourth-order valence-electron chi connectivity index (χ4n) is 5.03. The number of hydrogen-bond donors (Lipinski definition) is 10. The Morgan fingerprint density at radius 3 is 1.93 bits per heavy atom. The van der Waals surface area contributed by atoms with Crippen LogP contribution in [0.5, 0.6) is 0 Å². The van der Waals surface area contributed by atoms with E-state index >= 15 is 0 Å². The molecule has 0 saturated carbocycles. The molecule has 10 N–H and O–H groups in total. The average molecular weight is 635 g/mol. The molecule has 0 aliphatic carbocycles. The van der Waals surface area contributed by atoms with Gasteiger partial charge in [0.2, 0.25) is 5.79 Å². The van der Waals surface area contributed by atoms with E-state index in [0.29, 0.717) is 5.56 Å². The van der Waals surface area contributed by atoms with E-state index in [1.54, 1.807) is 30.3 Å². The second kappa shape index (κ2) is 14.9. The highest BCUT2D eigenvalue weighted by molar-refractivity contribution is 5.87. The van der Waals surface area contributed by atoms with E-state index in [2.05, 4.69) is 0 Å². The van der Waals surface area contributed by atoms with E-state index in [9.17, 15) is 55.9 Å². The summed E-state index contributed by atoms with van der Waals surface area (Å²) in [5.41, 5.74) is 0.662. The fourth-order valence-corrected chi connectivity index (χ4v) is 5.03. The first-order valence-corrected chi connectivity index (χ1v) is 13.8. The Bertz CT molecular complexity index is 1090. The number of ether oxygens (including phenoxy) is 6. The Morgan fingerprint density at radius 1 is 0.750 bits per heavy atom. The van der Waals surface area contributed by atoms with Crippen molar-refractivity contribution in [3.8, 4) is 0 Å². The molecule has 248 valence electrons. The molecule has 44 heavy (non-hydrogen) atoms. The highest BCUT2D eigenvalue weighted by Crippen LogP contribution is 2.38. The van der Waals surface area contributed by atoms with E-state index in [0.717, 1.165) is 6.08 Å². The van der Waals surface area contributed by atoms with Gasteiger partial charge in [-0.3, -0.25) is 0 Å². The number of carbonyl (C=O) groups excluding carboxylic acids is 1. The largest absolute Gasteiger partial charge is 0.457 e. The van der Waals surface area contributed by atoms with Crippen molar-refractivity contribution in [2.24, 2.45) is 0 Å². The van der Waals surface area contributed by atoms with Gasteiger partial charge in [0.25, 0.3) is 0 Å². The fraction of sp³-hybridized carbons (Fsp3) is 0.667. The summed E-state index contributed by atoms with van der Waals surface area (Å²) in [5.74, 6) is -3.43. The average Bonchev–Trinajstić information content (AvgIpc) is 3.27. The number of benzene rings is 1. The van der Waals surface area contributed by atoms with Gasteiger partial charge in [-0.1, -0.05) is 30.3 Å². The Morgan fingerprint density at radius 2 is 1.34 bits per heavy atom. The molecule has 1 aromatic rings. The molecule has 3 aliphatic heterocycles. The molecule has 0 amide bonds. The predicted molar refractivity (Wildman–Crippen MR) is 141 cm³/mol. The molecule has 3 fully saturated rings. The van der Waals surface area contributed by atoms with Gasteiger partial charge < -0.3 is 79.5 Å². The van der Waals surface area contributed by atoms with Crippen LogP contribution in [0.3, 0.4) is 0 Å². The first-order chi connectivity index (χ1) is 21.0. The number of esters is 1. The summed E-state index contributed by atoms with van der Waals surface area (Å²) < 4.78 is 33.1. The summed E-state index contributed by atoms with van der Waals surface area (Å²) in [6.07, 6.45) is -20.7. The minimum atomic E-state index is -2.49. The van der Waals surface area contributed by atoms with Crippen LogP contribution in [0.2, 0.25) is 0 Å². The third kappa shape index (κ3) is 7.28. The zero-order valence-electron chi connectivity index (χ0n) is 23.2. The van der Waals surface area contributed by atoms with Gasteiger partial charge in [-0.05, 0) is 11.6 Å². The number of aliphatic hydroxyl groups is 10. The van der Waals surface area contributed by atoms with E-state index in [1.165, 1.54) is 6.08 Å². The number of hydrogen-bond acceptors (Lipinski definition) is 17. The smallest absolute Gasteiger partial charge is 0.330 e. The summed E-state index contributed by atoms with van der Waals surface area (Å²) in [7, 11) is 0. The maximum absolute atomic E-state index is 12.5. The van der Waals surface area contributed by atoms with Crippen LogP contribution in [0, 0.1) is 0 Å². The van der Waals surface area contributed by atoms with E-state index < -0.39 is 118 Å². The summed E-state index contributed by atoms with van der Waals surface area (Å²) >= 11 is 0. The number of aliphatic hydroxyl groups excluding tert-OH is 10. The zero-order valence-corrected chi connectivity index (χ0v) is 23.2. The standard InChI is InChI=1S/C27H38O17/c28-8-13-17(32)20(35)22(37)25(40-13)42-23-21(36)18(33)14(9-29)41-26(23)44-27(24(38)19(34)15(10-30)43-27)11-39-16(31)7-6-12-4-2-1-3-5-12/h1-7,13-15,17-26,28-30,32-38H,8-11H2/b7-6+/t13?,14-,15-,17?,18-,19-,20?,21+,22?,23-,24+,25?,26-,27+/m1/s1. The first kappa shape index (κ1) is 34.7. The maximum Gasteiger partial charge on any atom is 0.330 e. The van der Waals surface area contributed by atoms with Crippen LogP contribution < -0.4 is 0 Å². The summed E-state index contributed by atoms with van der Waals surface area (Å²) in [6, 6.07) is 8.69. The SMILES string of the molecule is O=C(/C=C/c1ccccc1)OC[C@@]1(O[C@H]2O[C@H](CO)[C@@H](O)[C@H](O)[C@H]2OC2OC(CO)C(O)C(O)C2O)O[C@H](CO)[C@@H](O)[C@@H]1O. The van der Waals surface area contributed by atoms with Crippen LogP contribution in [-0.4, -0.2) is 169 Å². The Hall–Kier alpha value is -2.17. The van der Waals surface area contributed by atoms with Gasteiger partial charge >= 0.3 is 5.97 Å². The van der Waals surface area contributed by atoms with Crippen LogP contribution in [0.4, 0.5) is 0 Å². The van der Waals surface area contributed by atoms with Crippen LogP contribution >= 0.6 is 0 Å². The van der Waals surface area contributed by atoms with Crippen LogP contribution in [-0.2, 0) is 33.2 Å². The Labute approximate surface area is 250 Å². The summed E-state index contributed by atoms with van der Waals surface area (Å²) in [4.78, 5) is 12.5. The lowest BCUT2D eigenvalue weighted by atomic mass is 9.97. The molecule has 0 radical (unpaired) electrons. The molecule has 3 saturated heterocycles. The normalized spacial score (nSPS) is 42.9. The Kier molecular flexibility index (Phi) is 11.8. The van der Waals surface area contributed by atoms with Gasteiger partial charge in [0.15, 0.2) is 12.6 Å². The first-order valence-electron chi connectivity index (χ1n) is 13.8. The van der Waals surface area contributed by atoms with Gasteiger partial charge in [0.1, 0.15) is 73.8 Å². The minimum absolute atomic E-state index is 0.662. The maximum atomic E-state index is 12.5. The number of rotatable bonds is 11. The lowest BCUT2D eigenvalue weighted by Gasteiger charge is -2.47. The van der Waals surface area contributed by atoms with Crippen molar-refractivity contribution in [1.29, 1.82) is 0 Å². The summed E-state index contributed by atoms with van der Waals surface area (Å²) in [5, 5.41) is 102. The molecular weight excluding hydrogens is 596 g/mol. The topological polar surface area (TPSA) is 275 Å². The molecule has 0 aromatic heterocycles. The van der Waals surface area contributed by atoms with E-state index in [1.807, 2.05) is 0 Å². The molecule has 5 unspecified atom stereocenters. The van der Waals surface area contributed by atoms with Crippen molar-refractivity contribution in [2.75, 3.05) is 26.4 Å². The van der Waals surface area contributed by atoms with Gasteiger partial charge in [-0.25, -0.2) is 4.79 Å². The molecule has 0 spiro atoms. The van der Waals surface area contributed by atoms with Gasteiger partial charge in [-0.15, -0.1) is 0 Å². The molecule has 3 aliphatic rings. The van der Waals surface area contributed by atoms with Gasteiger partial charge in [0.05, 0.1) is 19.8 Å². The van der Waals surface area contributed by atoms with Crippen LogP contribution in [0.15, 0.2) is 36.4 Å². The lowest BCUT2D eigenvalue weighted by Crippen LogP contribution is -2.66. The second-order valence-corrected chi connectivity index (χ2v) is 10.6. The van der Waals surface area contributed by atoms with E-state index in [-0.39, 0.29) is 0 Å². The molecule has 1 aromatic carbocycles. The molecule has 0 bridgehead atoms. The molecule has 14 atom stereocenters.